The van der Waals surface area contributed by atoms with E-state index in [1.54, 1.807) is 13.0 Å². The van der Waals surface area contributed by atoms with Crippen molar-refractivity contribution in [3.63, 3.8) is 0 Å². The van der Waals surface area contributed by atoms with Crippen molar-refractivity contribution in [1.29, 1.82) is 0 Å². The molecule has 0 aromatic heterocycles. The van der Waals surface area contributed by atoms with E-state index in [9.17, 15) is 19.7 Å². The first-order valence-corrected chi connectivity index (χ1v) is 11.4. The molecule has 0 aliphatic heterocycles. The van der Waals surface area contributed by atoms with Gasteiger partial charge in [0.1, 0.15) is 5.25 Å². The Hall–Kier alpha value is -3.65. The van der Waals surface area contributed by atoms with Gasteiger partial charge in [0.25, 0.3) is 5.69 Å². The number of carbonyl (C=O) groups excluding carboxylic acids is 2. The Labute approximate surface area is 196 Å². The van der Waals surface area contributed by atoms with Crippen LogP contribution in [0.15, 0.2) is 77.7 Å². The SMILES string of the molecule is CCCC(=O)Nc1cccc(SC(C(=O)Nc2ccc([N+](=O)[O-])cc2C)c2ccccc2)c1. The lowest BCUT2D eigenvalue weighted by Crippen LogP contribution is -2.19. The molecule has 0 saturated heterocycles. The van der Waals surface area contributed by atoms with Crippen LogP contribution in [0.25, 0.3) is 0 Å². The smallest absolute Gasteiger partial charge is 0.269 e. The fourth-order valence-electron chi connectivity index (χ4n) is 3.23. The van der Waals surface area contributed by atoms with Gasteiger partial charge in [-0.1, -0.05) is 43.3 Å². The maximum Gasteiger partial charge on any atom is 0.269 e. The second kappa shape index (κ2) is 11.3. The quantitative estimate of drug-likeness (QED) is 0.226. The van der Waals surface area contributed by atoms with Crippen molar-refractivity contribution >= 4 is 40.6 Å². The standard InChI is InChI=1S/C25H25N3O4S/c1-3-8-23(29)26-19-11-7-12-21(16-19)33-24(18-9-5-4-6-10-18)25(30)27-22-14-13-20(28(31)32)15-17(22)2/h4-7,9-16,24H,3,8H2,1-2H3,(H,26,29)(H,27,30). The number of benzene rings is 3. The fourth-order valence-corrected chi connectivity index (χ4v) is 4.32. The van der Waals surface area contributed by atoms with Gasteiger partial charge in [-0.15, -0.1) is 11.8 Å². The number of hydrogen-bond acceptors (Lipinski definition) is 5. The van der Waals surface area contributed by atoms with E-state index in [2.05, 4.69) is 10.6 Å². The molecule has 1 unspecified atom stereocenters. The Kier molecular flexibility index (Phi) is 8.21. The summed E-state index contributed by atoms with van der Waals surface area (Å²) >= 11 is 1.37. The summed E-state index contributed by atoms with van der Waals surface area (Å²) in [5, 5.41) is 16.2. The first kappa shape index (κ1) is 24.0. The number of nitro benzene ring substituents is 1. The van der Waals surface area contributed by atoms with Crippen molar-refractivity contribution in [3.8, 4) is 0 Å². The summed E-state index contributed by atoms with van der Waals surface area (Å²) in [6.45, 7) is 3.66. The third-order valence-corrected chi connectivity index (χ3v) is 6.12. The fraction of sp³-hybridized carbons (Fsp3) is 0.200. The van der Waals surface area contributed by atoms with Crippen molar-refractivity contribution in [2.45, 2.75) is 36.8 Å². The molecule has 0 spiro atoms. The number of anilines is 2. The van der Waals surface area contributed by atoms with E-state index in [0.717, 1.165) is 16.9 Å². The second-order valence-corrected chi connectivity index (χ2v) is 8.66. The summed E-state index contributed by atoms with van der Waals surface area (Å²) in [6, 6.07) is 21.1. The molecule has 0 aliphatic carbocycles. The molecule has 7 nitrogen and oxygen atoms in total. The number of amides is 2. The molecular formula is C25H25N3O4S. The largest absolute Gasteiger partial charge is 0.326 e. The Bertz CT molecular complexity index is 1150. The van der Waals surface area contributed by atoms with Gasteiger partial charge in [0.2, 0.25) is 11.8 Å². The van der Waals surface area contributed by atoms with Crippen LogP contribution in [-0.2, 0) is 9.59 Å². The summed E-state index contributed by atoms with van der Waals surface area (Å²) in [7, 11) is 0. The van der Waals surface area contributed by atoms with E-state index in [-0.39, 0.29) is 17.5 Å². The molecule has 0 heterocycles. The van der Waals surface area contributed by atoms with Crippen LogP contribution >= 0.6 is 11.8 Å². The molecule has 0 fully saturated rings. The van der Waals surface area contributed by atoms with Gasteiger partial charge in [0.15, 0.2) is 0 Å². The third-order valence-electron chi connectivity index (χ3n) is 4.87. The monoisotopic (exact) mass is 463 g/mol. The van der Waals surface area contributed by atoms with Gasteiger partial charge >= 0.3 is 0 Å². The highest BCUT2D eigenvalue weighted by Crippen LogP contribution is 2.37. The Morgan fingerprint density at radius 1 is 1.00 bits per heavy atom. The zero-order valence-electron chi connectivity index (χ0n) is 18.4. The van der Waals surface area contributed by atoms with Crippen LogP contribution < -0.4 is 10.6 Å². The van der Waals surface area contributed by atoms with Gasteiger partial charge in [-0.2, -0.15) is 0 Å². The highest BCUT2D eigenvalue weighted by atomic mass is 32.2. The normalized spacial score (nSPS) is 11.5. The van der Waals surface area contributed by atoms with Crippen LogP contribution in [0, 0.1) is 17.0 Å². The lowest BCUT2D eigenvalue weighted by atomic mass is 10.1. The first-order chi connectivity index (χ1) is 15.9. The number of nitro groups is 1. The molecule has 2 N–H and O–H groups in total. The average Bonchev–Trinajstić information content (AvgIpc) is 2.79. The van der Waals surface area contributed by atoms with E-state index in [4.69, 9.17) is 0 Å². The molecule has 3 aromatic rings. The Balaban J connectivity index is 1.84. The number of nitrogens with one attached hydrogen (secondary N) is 2. The molecule has 0 radical (unpaired) electrons. The summed E-state index contributed by atoms with van der Waals surface area (Å²) in [6.07, 6.45) is 1.21. The predicted molar refractivity (Wildman–Crippen MR) is 131 cm³/mol. The number of carbonyl (C=O) groups is 2. The molecule has 1 atom stereocenters. The summed E-state index contributed by atoms with van der Waals surface area (Å²) in [5.74, 6) is -0.297. The van der Waals surface area contributed by atoms with Gasteiger partial charge in [-0.3, -0.25) is 19.7 Å². The number of non-ortho nitro benzene ring substituents is 1. The molecule has 0 aliphatic rings. The van der Waals surface area contributed by atoms with Crippen LogP contribution in [0.1, 0.15) is 36.1 Å². The van der Waals surface area contributed by atoms with Crippen molar-refractivity contribution < 1.29 is 14.5 Å². The van der Waals surface area contributed by atoms with Crippen LogP contribution in [0.5, 0.6) is 0 Å². The van der Waals surface area contributed by atoms with E-state index < -0.39 is 10.2 Å². The van der Waals surface area contributed by atoms with Gasteiger partial charge in [-0.05, 0) is 48.7 Å². The molecule has 33 heavy (non-hydrogen) atoms. The summed E-state index contributed by atoms with van der Waals surface area (Å²) < 4.78 is 0. The lowest BCUT2D eigenvalue weighted by molar-refractivity contribution is -0.384. The topological polar surface area (TPSA) is 101 Å². The van der Waals surface area contributed by atoms with E-state index in [0.29, 0.717) is 23.4 Å². The lowest BCUT2D eigenvalue weighted by Gasteiger charge is -2.18. The number of nitrogens with zero attached hydrogens (tertiary/aromatic N) is 1. The molecule has 3 aromatic carbocycles. The van der Waals surface area contributed by atoms with Crippen LogP contribution in [-0.4, -0.2) is 16.7 Å². The van der Waals surface area contributed by atoms with Gasteiger partial charge in [0.05, 0.1) is 4.92 Å². The Morgan fingerprint density at radius 3 is 2.42 bits per heavy atom. The van der Waals surface area contributed by atoms with Crippen LogP contribution in [0.4, 0.5) is 17.1 Å². The Morgan fingerprint density at radius 2 is 1.76 bits per heavy atom. The van der Waals surface area contributed by atoms with E-state index in [1.165, 1.54) is 23.9 Å². The summed E-state index contributed by atoms with van der Waals surface area (Å²) in [5.41, 5.74) is 2.60. The van der Waals surface area contributed by atoms with Gasteiger partial charge in [0, 0.05) is 34.8 Å². The molecule has 0 bridgehead atoms. The van der Waals surface area contributed by atoms with Crippen LogP contribution in [0.2, 0.25) is 0 Å². The number of hydrogen-bond donors (Lipinski definition) is 2. The molecule has 2 amide bonds. The van der Waals surface area contributed by atoms with E-state index >= 15 is 0 Å². The molecular weight excluding hydrogens is 438 g/mol. The maximum atomic E-state index is 13.3. The number of rotatable bonds is 9. The number of thioether (sulfide) groups is 1. The number of aryl methyl sites for hydroxylation is 1. The highest BCUT2D eigenvalue weighted by molar-refractivity contribution is 8.00. The van der Waals surface area contributed by atoms with E-state index in [1.807, 2.05) is 61.5 Å². The average molecular weight is 464 g/mol. The van der Waals surface area contributed by atoms with Gasteiger partial charge in [-0.25, -0.2) is 0 Å². The summed E-state index contributed by atoms with van der Waals surface area (Å²) in [4.78, 5) is 36.6. The minimum absolute atomic E-state index is 0.0265. The first-order valence-electron chi connectivity index (χ1n) is 10.5. The highest BCUT2D eigenvalue weighted by Gasteiger charge is 2.23. The minimum Gasteiger partial charge on any atom is -0.326 e. The van der Waals surface area contributed by atoms with Crippen molar-refractivity contribution in [1.82, 2.24) is 0 Å². The molecule has 0 saturated carbocycles. The second-order valence-electron chi connectivity index (χ2n) is 7.48. The van der Waals surface area contributed by atoms with Gasteiger partial charge < -0.3 is 10.6 Å². The molecule has 8 heteroatoms. The third kappa shape index (κ3) is 6.66. The zero-order chi connectivity index (χ0) is 23.8. The maximum absolute atomic E-state index is 13.3. The predicted octanol–water partition coefficient (Wildman–Crippen LogP) is 6.11. The zero-order valence-corrected chi connectivity index (χ0v) is 19.2. The molecule has 170 valence electrons. The van der Waals surface area contributed by atoms with Crippen molar-refractivity contribution in [3.05, 3.63) is 94.0 Å². The minimum atomic E-state index is -0.567. The van der Waals surface area contributed by atoms with Crippen molar-refractivity contribution in [2.24, 2.45) is 0 Å². The van der Waals surface area contributed by atoms with Crippen molar-refractivity contribution in [2.75, 3.05) is 10.6 Å². The molecule has 3 rings (SSSR count). The van der Waals surface area contributed by atoms with Crippen LogP contribution in [0.3, 0.4) is 0 Å².